The molecule has 1 spiro atoms. The third-order valence-corrected chi connectivity index (χ3v) is 11.9. The Kier molecular flexibility index (Phi) is 10.0. The van der Waals surface area contributed by atoms with Crippen molar-refractivity contribution in [2.24, 2.45) is 5.41 Å². The lowest BCUT2D eigenvalue weighted by atomic mass is 9.72. The molecule has 4 saturated heterocycles. The number of nitrogens with zero attached hydrogens (tertiary/aromatic N) is 7. The zero-order valence-corrected chi connectivity index (χ0v) is 29.5. The monoisotopic (exact) mass is 721 g/mol. The van der Waals surface area contributed by atoms with Crippen molar-refractivity contribution in [3.8, 4) is 11.5 Å². The summed E-state index contributed by atoms with van der Waals surface area (Å²) in [5, 5.41) is 1.90. The fourth-order valence-corrected chi connectivity index (χ4v) is 8.94. The van der Waals surface area contributed by atoms with Crippen LogP contribution >= 0.6 is 0 Å². The molecule has 0 N–H and O–H groups in total. The molecule has 1 aromatic carbocycles. The summed E-state index contributed by atoms with van der Waals surface area (Å²) in [5.41, 5.74) is 0.0940. The van der Waals surface area contributed by atoms with Crippen molar-refractivity contribution in [3.05, 3.63) is 42.1 Å². The van der Waals surface area contributed by atoms with Gasteiger partial charge in [0, 0.05) is 63.1 Å². The van der Waals surface area contributed by atoms with Gasteiger partial charge in [-0.25, -0.2) is 36.6 Å². The normalized spacial score (nSPS) is 25.4. The molecule has 0 bridgehead atoms. The van der Waals surface area contributed by atoms with Gasteiger partial charge in [0.05, 0.1) is 30.5 Å². The molecule has 5 fully saturated rings. The van der Waals surface area contributed by atoms with Crippen molar-refractivity contribution in [1.29, 1.82) is 0 Å². The quantitative estimate of drug-likeness (QED) is 0.343. The van der Waals surface area contributed by atoms with Crippen molar-refractivity contribution < 1.29 is 35.9 Å². The number of carbonyl (C=O) groups is 1. The number of anilines is 1. The smallest absolute Gasteiger partial charge is 0.258 e. The van der Waals surface area contributed by atoms with E-state index in [-0.39, 0.29) is 34.9 Å². The Morgan fingerprint density at radius 2 is 1.82 bits per heavy atom. The van der Waals surface area contributed by atoms with E-state index in [0.717, 1.165) is 84.0 Å². The molecular weight excluding hydrogens is 675 g/mol. The molecule has 16 heteroatoms. The Labute approximate surface area is 292 Å². The zero-order valence-electron chi connectivity index (χ0n) is 28.6. The maximum atomic E-state index is 14.5. The number of thiol groups is 1. The average molecular weight is 722 g/mol. The molecule has 0 radical (unpaired) electrons. The third-order valence-electron chi connectivity index (χ3n) is 11.0. The van der Waals surface area contributed by atoms with Crippen LogP contribution in [0.25, 0.3) is 0 Å². The van der Waals surface area contributed by atoms with Gasteiger partial charge in [-0.05, 0) is 77.2 Å². The van der Waals surface area contributed by atoms with Crippen LogP contribution in [0, 0.1) is 11.2 Å². The number of likely N-dealkylation sites (tertiary alicyclic amines) is 1. The number of hydrazine groups is 1. The fraction of sp³-hybridized carbons (Fsp3) is 0.676. The van der Waals surface area contributed by atoms with Crippen molar-refractivity contribution in [2.75, 3.05) is 57.3 Å². The highest BCUT2D eigenvalue weighted by Crippen LogP contribution is 2.46. The summed E-state index contributed by atoms with van der Waals surface area (Å²) in [5.74, 6) is -2.99. The molecular formula is C34H46F3N7O5S. The van der Waals surface area contributed by atoms with E-state index in [9.17, 15) is 26.4 Å². The van der Waals surface area contributed by atoms with E-state index in [0.29, 0.717) is 18.2 Å². The van der Waals surface area contributed by atoms with E-state index in [2.05, 4.69) is 19.8 Å². The molecule has 2 atom stereocenters. The van der Waals surface area contributed by atoms with E-state index in [1.54, 1.807) is 13.8 Å². The summed E-state index contributed by atoms with van der Waals surface area (Å²) >= 11 is 0. The first-order chi connectivity index (χ1) is 23.9. The second-order valence-electron chi connectivity index (χ2n) is 14.9. The number of ether oxygens (including phenoxy) is 2. The van der Waals surface area contributed by atoms with Crippen molar-refractivity contribution in [3.63, 3.8) is 0 Å². The standard InChI is InChI=1S/C34H46F3N7O5S/c1-23(2)43(26-15-34(36,37)16-26)32(45)28-14-24(35)4-7-29(28)49-30-17-38-22-39-31(30)41-20-33(21-41)8-12-40(13-9-33)18-27-6-5-25(19-48-27)44(50(46)47)42-10-3-11-42/h4,7,14,17,22-23,25-27,50H,3,5-6,8-13,15-16,18-21H2,1-2H3/t25-,27+/m1/s1. The van der Waals surface area contributed by atoms with Crippen LogP contribution in [0.15, 0.2) is 30.7 Å². The molecule has 1 amide bonds. The number of alkyl halides is 2. The molecule has 7 rings (SSSR count). The molecule has 12 nitrogen and oxygen atoms in total. The zero-order chi connectivity index (χ0) is 35.2. The number of hydrogen-bond donors (Lipinski definition) is 1. The molecule has 5 heterocycles. The Bertz CT molecular complexity index is 1610. The molecule has 2 aromatic rings. The van der Waals surface area contributed by atoms with Gasteiger partial charge in [0.2, 0.25) is 10.9 Å². The highest BCUT2D eigenvalue weighted by molar-refractivity contribution is 7.69. The van der Waals surface area contributed by atoms with Gasteiger partial charge >= 0.3 is 0 Å². The van der Waals surface area contributed by atoms with Gasteiger partial charge in [0.25, 0.3) is 11.8 Å². The van der Waals surface area contributed by atoms with Crippen LogP contribution in [0.5, 0.6) is 11.5 Å². The first kappa shape index (κ1) is 35.4. The van der Waals surface area contributed by atoms with Gasteiger partial charge in [-0.3, -0.25) is 4.79 Å². The lowest BCUT2D eigenvalue weighted by molar-refractivity contribution is -0.120. The fourth-order valence-electron chi connectivity index (χ4n) is 8.10. The van der Waals surface area contributed by atoms with Crippen LogP contribution < -0.4 is 9.64 Å². The summed E-state index contributed by atoms with van der Waals surface area (Å²) in [7, 11) is -2.67. The first-order valence-corrected chi connectivity index (χ1v) is 18.8. The Morgan fingerprint density at radius 1 is 1.08 bits per heavy atom. The van der Waals surface area contributed by atoms with Crippen LogP contribution in [0.1, 0.15) is 69.2 Å². The Hall–Kier alpha value is -3.05. The van der Waals surface area contributed by atoms with Crippen molar-refractivity contribution >= 4 is 22.6 Å². The minimum Gasteiger partial charge on any atom is -0.451 e. The minimum atomic E-state index is -2.81. The minimum absolute atomic E-state index is 0.0389. The lowest BCUT2D eigenvalue weighted by Gasteiger charge is -2.54. The number of piperidine rings is 1. The number of amides is 1. The van der Waals surface area contributed by atoms with E-state index >= 15 is 0 Å². The van der Waals surface area contributed by atoms with Crippen LogP contribution in [0.3, 0.4) is 0 Å². The summed E-state index contributed by atoms with van der Waals surface area (Å²) in [6.45, 7) is 9.77. The van der Waals surface area contributed by atoms with Gasteiger partial charge in [-0.15, -0.1) is 4.41 Å². The Morgan fingerprint density at radius 3 is 2.42 bits per heavy atom. The number of aromatic nitrogens is 2. The highest BCUT2D eigenvalue weighted by Gasteiger charge is 2.50. The average Bonchev–Trinajstić information content (AvgIpc) is 3.02. The molecule has 1 aliphatic carbocycles. The number of benzene rings is 1. The Balaban J connectivity index is 0.941. The van der Waals surface area contributed by atoms with Gasteiger partial charge in [-0.1, -0.05) is 0 Å². The molecule has 50 heavy (non-hydrogen) atoms. The molecule has 274 valence electrons. The second-order valence-corrected chi connectivity index (χ2v) is 15.8. The van der Waals surface area contributed by atoms with Gasteiger partial charge in [-0.2, -0.15) is 0 Å². The van der Waals surface area contributed by atoms with E-state index < -0.39 is 47.4 Å². The summed E-state index contributed by atoms with van der Waals surface area (Å²) < 4.78 is 79.6. The van der Waals surface area contributed by atoms with Gasteiger partial charge in [0.15, 0.2) is 11.6 Å². The third kappa shape index (κ3) is 7.31. The van der Waals surface area contributed by atoms with Crippen LogP contribution in [0.4, 0.5) is 19.0 Å². The number of carbonyl (C=O) groups excluding carboxylic acids is 1. The predicted octanol–water partition coefficient (Wildman–Crippen LogP) is 3.96. The maximum absolute atomic E-state index is 14.5. The predicted molar refractivity (Wildman–Crippen MR) is 179 cm³/mol. The van der Waals surface area contributed by atoms with Crippen molar-refractivity contribution in [2.45, 2.75) is 88.9 Å². The first-order valence-electron chi connectivity index (χ1n) is 17.7. The van der Waals surface area contributed by atoms with E-state index in [1.807, 2.05) is 5.01 Å². The van der Waals surface area contributed by atoms with Gasteiger partial charge < -0.3 is 24.2 Å². The van der Waals surface area contributed by atoms with Gasteiger partial charge in [0.1, 0.15) is 17.9 Å². The number of hydrogen-bond acceptors (Lipinski definition) is 10. The topological polar surface area (TPSA) is 112 Å². The largest absolute Gasteiger partial charge is 0.451 e. The summed E-state index contributed by atoms with van der Waals surface area (Å²) in [6, 6.07) is 2.54. The van der Waals surface area contributed by atoms with E-state index in [4.69, 9.17) is 9.47 Å². The molecule has 1 aromatic heterocycles. The summed E-state index contributed by atoms with van der Waals surface area (Å²) in [4.78, 5) is 28.3. The van der Waals surface area contributed by atoms with Crippen molar-refractivity contribution in [1.82, 2.24) is 29.2 Å². The highest BCUT2D eigenvalue weighted by atomic mass is 32.2. The van der Waals surface area contributed by atoms with Crippen LogP contribution in [-0.2, 0) is 15.6 Å². The molecule has 1 saturated carbocycles. The SMILES string of the molecule is CC(C)N(C(=O)c1cc(F)ccc1Oc1cncnc1N1CC2(CCN(C[C@@H]3CC[C@@H](N(N4CCC4)[SH](=O)=O)CO3)CC2)C1)C1CC(F)(F)C1. The van der Waals surface area contributed by atoms with E-state index in [1.165, 1.54) is 34.0 Å². The number of rotatable bonds is 11. The second kappa shape index (κ2) is 14.2. The number of halogens is 3. The molecule has 4 aliphatic heterocycles. The van der Waals surface area contributed by atoms with Crippen LogP contribution in [0.2, 0.25) is 0 Å². The van der Waals surface area contributed by atoms with Crippen LogP contribution in [-0.4, -0.2) is 126 Å². The molecule has 0 unspecified atom stereocenters. The summed E-state index contributed by atoms with van der Waals surface area (Å²) in [6.07, 6.45) is 6.88. The lowest BCUT2D eigenvalue weighted by Crippen LogP contribution is -2.61. The maximum Gasteiger partial charge on any atom is 0.258 e. The molecule has 5 aliphatic rings.